The lowest BCUT2D eigenvalue weighted by molar-refractivity contribution is 0.592. The molecule has 3 heteroatoms. The maximum Gasteiger partial charge on any atom is 0.0406 e. The van der Waals surface area contributed by atoms with Crippen LogP contribution in [0.2, 0.25) is 5.02 Å². The van der Waals surface area contributed by atoms with Gasteiger partial charge in [-0.1, -0.05) is 35.9 Å². The first-order chi connectivity index (χ1) is 9.60. The van der Waals surface area contributed by atoms with Gasteiger partial charge in [0.25, 0.3) is 0 Å². The number of hydrogen-bond acceptors (Lipinski definition) is 2. The summed E-state index contributed by atoms with van der Waals surface area (Å²) < 4.78 is 0. The first kappa shape index (κ1) is 14.9. The molecule has 0 aliphatic heterocycles. The summed E-state index contributed by atoms with van der Waals surface area (Å²) in [4.78, 5) is 2.11. The van der Waals surface area contributed by atoms with Crippen LogP contribution in [0.1, 0.15) is 17.2 Å². The molecule has 0 aromatic heterocycles. The maximum absolute atomic E-state index is 5.93. The first-order valence-corrected chi connectivity index (χ1v) is 7.17. The molecule has 0 aliphatic rings. The molecule has 1 atom stereocenters. The van der Waals surface area contributed by atoms with Crippen LogP contribution >= 0.6 is 11.6 Å². The highest BCUT2D eigenvalue weighted by atomic mass is 35.5. The topological polar surface area (TPSA) is 15.3 Å². The van der Waals surface area contributed by atoms with E-state index in [1.807, 2.05) is 19.2 Å². The van der Waals surface area contributed by atoms with Crippen molar-refractivity contribution in [3.8, 4) is 0 Å². The lowest BCUT2D eigenvalue weighted by Crippen LogP contribution is -2.19. The number of nitrogens with one attached hydrogen (secondary N) is 1. The fourth-order valence-electron chi connectivity index (χ4n) is 2.25. The Bertz CT molecular complexity index is 532. The van der Waals surface area contributed by atoms with Crippen molar-refractivity contribution < 1.29 is 0 Å². The highest BCUT2D eigenvalue weighted by Crippen LogP contribution is 2.22. The Hall–Kier alpha value is -1.51. The van der Waals surface area contributed by atoms with Gasteiger partial charge in [0.15, 0.2) is 0 Å². The van der Waals surface area contributed by atoms with E-state index < -0.39 is 0 Å². The third-order valence-electron chi connectivity index (χ3n) is 3.51. The molecule has 0 heterocycles. The summed E-state index contributed by atoms with van der Waals surface area (Å²) in [6.45, 7) is 0. The third kappa shape index (κ3) is 3.75. The van der Waals surface area contributed by atoms with Crippen LogP contribution in [0.5, 0.6) is 0 Å². The van der Waals surface area contributed by atoms with Crippen LogP contribution in [0.3, 0.4) is 0 Å². The molecule has 0 bridgehead atoms. The summed E-state index contributed by atoms with van der Waals surface area (Å²) in [5.41, 5.74) is 3.80. The second kappa shape index (κ2) is 6.78. The first-order valence-electron chi connectivity index (χ1n) is 6.79. The summed E-state index contributed by atoms with van der Waals surface area (Å²) in [6.07, 6.45) is 0.953. The fourth-order valence-corrected chi connectivity index (χ4v) is 2.37. The Labute approximate surface area is 126 Å². The molecule has 2 aromatic carbocycles. The van der Waals surface area contributed by atoms with Crippen molar-refractivity contribution in [3.63, 3.8) is 0 Å². The van der Waals surface area contributed by atoms with E-state index in [1.54, 1.807) is 0 Å². The van der Waals surface area contributed by atoms with Crippen LogP contribution < -0.4 is 10.2 Å². The Kier molecular flexibility index (Phi) is 5.05. The molecule has 20 heavy (non-hydrogen) atoms. The molecule has 2 rings (SSSR count). The molecule has 0 saturated heterocycles. The average Bonchev–Trinajstić information content (AvgIpc) is 2.47. The highest BCUT2D eigenvalue weighted by molar-refractivity contribution is 6.30. The van der Waals surface area contributed by atoms with Crippen molar-refractivity contribution in [3.05, 3.63) is 64.7 Å². The van der Waals surface area contributed by atoms with E-state index in [2.05, 4.69) is 60.7 Å². The number of halogens is 1. The monoisotopic (exact) mass is 288 g/mol. The average molecular weight is 289 g/mol. The zero-order valence-electron chi connectivity index (χ0n) is 12.2. The number of likely N-dealkylation sites (N-methyl/N-ethyl adjacent to an activating group) is 1. The molecule has 2 nitrogen and oxygen atoms in total. The third-order valence-corrected chi connectivity index (χ3v) is 3.77. The van der Waals surface area contributed by atoms with E-state index in [0.29, 0.717) is 6.04 Å². The van der Waals surface area contributed by atoms with Crippen molar-refractivity contribution in [2.24, 2.45) is 0 Å². The minimum Gasteiger partial charge on any atom is -0.378 e. The SMILES string of the molecule is CNC(Cc1ccc(Cl)cc1)c1ccc(N(C)C)cc1. The van der Waals surface area contributed by atoms with Gasteiger partial charge < -0.3 is 10.2 Å². The summed E-state index contributed by atoms with van der Waals surface area (Å²) in [7, 11) is 6.11. The van der Waals surface area contributed by atoms with Crippen LogP contribution in [0, 0.1) is 0 Å². The molecule has 0 amide bonds. The van der Waals surface area contributed by atoms with Gasteiger partial charge in [0.05, 0.1) is 0 Å². The lowest BCUT2D eigenvalue weighted by Gasteiger charge is -2.19. The predicted octanol–water partition coefficient (Wildman–Crippen LogP) is 3.91. The Morgan fingerprint density at radius 2 is 1.60 bits per heavy atom. The number of benzene rings is 2. The maximum atomic E-state index is 5.93. The predicted molar refractivity (Wildman–Crippen MR) is 87.7 cm³/mol. The summed E-state index contributed by atoms with van der Waals surface area (Å²) >= 11 is 5.93. The smallest absolute Gasteiger partial charge is 0.0406 e. The van der Waals surface area contributed by atoms with Gasteiger partial charge in [-0.2, -0.15) is 0 Å². The molecule has 0 spiro atoms. The highest BCUT2D eigenvalue weighted by Gasteiger charge is 2.10. The molecular formula is C17H21ClN2. The lowest BCUT2D eigenvalue weighted by atomic mass is 9.99. The number of anilines is 1. The number of hydrogen-bond donors (Lipinski definition) is 1. The van der Waals surface area contributed by atoms with E-state index >= 15 is 0 Å². The second-order valence-electron chi connectivity index (χ2n) is 5.16. The Morgan fingerprint density at radius 3 is 2.10 bits per heavy atom. The Balaban J connectivity index is 2.13. The minimum atomic E-state index is 0.312. The molecule has 0 saturated carbocycles. The quantitative estimate of drug-likeness (QED) is 0.897. The van der Waals surface area contributed by atoms with E-state index in [-0.39, 0.29) is 0 Å². The molecule has 0 aliphatic carbocycles. The van der Waals surface area contributed by atoms with Gasteiger partial charge in [-0.05, 0) is 48.9 Å². The van der Waals surface area contributed by atoms with Crippen molar-refractivity contribution in [2.75, 3.05) is 26.0 Å². The zero-order chi connectivity index (χ0) is 14.5. The fraction of sp³-hybridized carbons (Fsp3) is 0.294. The minimum absolute atomic E-state index is 0.312. The normalized spacial score (nSPS) is 12.2. The van der Waals surface area contributed by atoms with Crippen LogP contribution in [0.4, 0.5) is 5.69 Å². The van der Waals surface area contributed by atoms with Crippen molar-refractivity contribution in [1.82, 2.24) is 5.32 Å². The van der Waals surface area contributed by atoms with Gasteiger partial charge in [0, 0.05) is 30.8 Å². The van der Waals surface area contributed by atoms with Gasteiger partial charge in [-0.25, -0.2) is 0 Å². The van der Waals surface area contributed by atoms with Crippen molar-refractivity contribution >= 4 is 17.3 Å². The molecule has 0 radical (unpaired) electrons. The van der Waals surface area contributed by atoms with E-state index in [9.17, 15) is 0 Å². The van der Waals surface area contributed by atoms with E-state index in [0.717, 1.165) is 11.4 Å². The van der Waals surface area contributed by atoms with Crippen molar-refractivity contribution in [1.29, 1.82) is 0 Å². The molecule has 1 N–H and O–H groups in total. The zero-order valence-corrected chi connectivity index (χ0v) is 13.0. The van der Waals surface area contributed by atoms with Gasteiger partial charge in [0.2, 0.25) is 0 Å². The molecule has 1 unspecified atom stereocenters. The summed E-state index contributed by atoms with van der Waals surface area (Å²) in [6, 6.07) is 17.0. The van der Waals surface area contributed by atoms with Gasteiger partial charge >= 0.3 is 0 Å². The van der Waals surface area contributed by atoms with Gasteiger partial charge in [0.1, 0.15) is 0 Å². The number of nitrogens with zero attached hydrogens (tertiary/aromatic N) is 1. The van der Waals surface area contributed by atoms with Crippen LogP contribution in [-0.4, -0.2) is 21.1 Å². The second-order valence-corrected chi connectivity index (χ2v) is 5.59. The number of rotatable bonds is 5. The Morgan fingerprint density at radius 1 is 1.00 bits per heavy atom. The summed E-state index contributed by atoms with van der Waals surface area (Å²) in [5.74, 6) is 0. The van der Waals surface area contributed by atoms with Crippen LogP contribution in [0.15, 0.2) is 48.5 Å². The van der Waals surface area contributed by atoms with E-state index in [4.69, 9.17) is 11.6 Å². The molecule has 106 valence electrons. The van der Waals surface area contributed by atoms with Crippen molar-refractivity contribution in [2.45, 2.75) is 12.5 Å². The van der Waals surface area contributed by atoms with Gasteiger partial charge in [-0.3, -0.25) is 0 Å². The van der Waals surface area contributed by atoms with Gasteiger partial charge in [-0.15, -0.1) is 0 Å². The standard InChI is InChI=1S/C17H21ClN2/c1-19-17(12-13-4-8-15(18)9-5-13)14-6-10-16(11-7-14)20(2)3/h4-11,17,19H,12H2,1-3H3. The molecule has 2 aromatic rings. The molecular weight excluding hydrogens is 268 g/mol. The summed E-state index contributed by atoms with van der Waals surface area (Å²) in [5, 5.41) is 4.17. The van der Waals surface area contributed by atoms with E-state index in [1.165, 1.54) is 16.8 Å². The largest absolute Gasteiger partial charge is 0.378 e. The van der Waals surface area contributed by atoms with Crippen LogP contribution in [-0.2, 0) is 6.42 Å². The molecule has 0 fully saturated rings. The van der Waals surface area contributed by atoms with Crippen LogP contribution in [0.25, 0.3) is 0 Å².